The highest BCUT2D eigenvalue weighted by molar-refractivity contribution is 4.66. The molecule has 0 unspecified atom stereocenters. The average Bonchev–Trinajstić information content (AvgIpc) is 2.37. The summed E-state index contributed by atoms with van der Waals surface area (Å²) in [5, 5.41) is 0. The number of hydrogen-bond acceptors (Lipinski definition) is 3. The van der Waals surface area contributed by atoms with Crippen molar-refractivity contribution in [3.8, 4) is 0 Å². The molecule has 0 amide bonds. The zero-order valence-electron chi connectivity index (χ0n) is 6.50. The Kier molecular flexibility index (Phi) is 3.12. The summed E-state index contributed by atoms with van der Waals surface area (Å²) in [6, 6.07) is 0. The van der Waals surface area contributed by atoms with Crippen molar-refractivity contribution < 1.29 is 14.2 Å². The van der Waals surface area contributed by atoms with Crippen LogP contribution in [0, 0.1) is 0 Å². The molecule has 1 fully saturated rings. The lowest BCUT2D eigenvalue weighted by molar-refractivity contribution is -0.125. The molecule has 3 nitrogen and oxygen atoms in total. The van der Waals surface area contributed by atoms with Crippen LogP contribution in [0.3, 0.4) is 0 Å². The van der Waals surface area contributed by atoms with Gasteiger partial charge in [-0.15, -0.1) is 0 Å². The van der Waals surface area contributed by atoms with Crippen LogP contribution in [-0.4, -0.2) is 33.2 Å². The molecule has 60 valence electrons. The predicted molar refractivity (Wildman–Crippen MR) is 36.8 cm³/mol. The highest BCUT2D eigenvalue weighted by Crippen LogP contribution is 2.19. The van der Waals surface area contributed by atoms with Gasteiger partial charge in [0.15, 0.2) is 6.29 Å². The zero-order valence-corrected chi connectivity index (χ0v) is 6.50. The SMILES string of the molecule is COC[C@@H]1CC[C@H](OC)O1. The van der Waals surface area contributed by atoms with Crippen molar-refractivity contribution in [3.05, 3.63) is 0 Å². The van der Waals surface area contributed by atoms with Crippen LogP contribution >= 0.6 is 0 Å². The maximum Gasteiger partial charge on any atom is 0.157 e. The second-order valence-corrected chi connectivity index (χ2v) is 2.46. The molecule has 3 heteroatoms. The third-order valence-corrected chi connectivity index (χ3v) is 1.68. The maximum atomic E-state index is 5.40. The molecule has 0 aromatic carbocycles. The molecular weight excluding hydrogens is 132 g/mol. The van der Waals surface area contributed by atoms with Gasteiger partial charge < -0.3 is 14.2 Å². The number of ether oxygens (including phenoxy) is 3. The second kappa shape index (κ2) is 3.91. The van der Waals surface area contributed by atoms with Crippen LogP contribution in [0.25, 0.3) is 0 Å². The van der Waals surface area contributed by atoms with Crippen LogP contribution in [0.2, 0.25) is 0 Å². The summed E-state index contributed by atoms with van der Waals surface area (Å²) in [5.41, 5.74) is 0. The Morgan fingerprint density at radius 2 is 2.20 bits per heavy atom. The van der Waals surface area contributed by atoms with Gasteiger partial charge >= 0.3 is 0 Å². The Morgan fingerprint density at radius 1 is 1.40 bits per heavy atom. The van der Waals surface area contributed by atoms with E-state index in [4.69, 9.17) is 14.2 Å². The van der Waals surface area contributed by atoms with Crippen molar-refractivity contribution in [1.29, 1.82) is 0 Å². The van der Waals surface area contributed by atoms with Gasteiger partial charge in [-0.25, -0.2) is 0 Å². The zero-order chi connectivity index (χ0) is 7.40. The van der Waals surface area contributed by atoms with Gasteiger partial charge in [-0.05, 0) is 6.42 Å². The molecule has 0 bridgehead atoms. The largest absolute Gasteiger partial charge is 0.382 e. The molecule has 0 saturated carbocycles. The average molecular weight is 146 g/mol. The van der Waals surface area contributed by atoms with Crippen molar-refractivity contribution in [3.63, 3.8) is 0 Å². The Hall–Kier alpha value is -0.120. The summed E-state index contributed by atoms with van der Waals surface area (Å²) in [6.07, 6.45) is 2.28. The smallest absolute Gasteiger partial charge is 0.157 e. The second-order valence-electron chi connectivity index (χ2n) is 2.46. The number of hydrogen-bond donors (Lipinski definition) is 0. The first-order valence-electron chi connectivity index (χ1n) is 3.54. The molecular formula is C7H14O3. The molecule has 0 aromatic heterocycles. The van der Waals surface area contributed by atoms with E-state index in [0.717, 1.165) is 12.8 Å². The van der Waals surface area contributed by atoms with E-state index < -0.39 is 0 Å². The Bertz CT molecular complexity index is 94.9. The number of rotatable bonds is 3. The highest BCUT2D eigenvalue weighted by Gasteiger charge is 2.24. The third-order valence-electron chi connectivity index (χ3n) is 1.68. The van der Waals surface area contributed by atoms with Crippen molar-refractivity contribution in [2.75, 3.05) is 20.8 Å². The number of methoxy groups -OCH3 is 2. The van der Waals surface area contributed by atoms with E-state index in [1.807, 2.05) is 0 Å². The fourth-order valence-electron chi connectivity index (χ4n) is 1.15. The standard InChI is InChI=1S/C7H14O3/c1-8-5-6-3-4-7(9-2)10-6/h6-7H,3-5H2,1-2H3/t6-,7+/m0/s1. The van der Waals surface area contributed by atoms with Gasteiger partial charge in [0.2, 0.25) is 0 Å². The lowest BCUT2D eigenvalue weighted by Crippen LogP contribution is -2.16. The molecule has 0 radical (unpaired) electrons. The summed E-state index contributed by atoms with van der Waals surface area (Å²) in [4.78, 5) is 0. The van der Waals surface area contributed by atoms with Crippen LogP contribution in [0.4, 0.5) is 0 Å². The third kappa shape index (κ3) is 1.94. The van der Waals surface area contributed by atoms with E-state index in [-0.39, 0.29) is 12.4 Å². The predicted octanol–water partition coefficient (Wildman–Crippen LogP) is 0.784. The molecule has 0 spiro atoms. The first-order valence-corrected chi connectivity index (χ1v) is 3.54. The van der Waals surface area contributed by atoms with Gasteiger partial charge in [-0.3, -0.25) is 0 Å². The molecule has 0 aromatic rings. The first-order chi connectivity index (χ1) is 4.86. The van der Waals surface area contributed by atoms with E-state index in [1.54, 1.807) is 14.2 Å². The summed E-state index contributed by atoms with van der Waals surface area (Å²) < 4.78 is 15.4. The van der Waals surface area contributed by atoms with Crippen molar-refractivity contribution in [2.45, 2.75) is 25.2 Å². The molecule has 1 rings (SSSR count). The van der Waals surface area contributed by atoms with Crippen LogP contribution in [-0.2, 0) is 14.2 Å². The van der Waals surface area contributed by atoms with Crippen LogP contribution in [0.5, 0.6) is 0 Å². The summed E-state index contributed by atoms with van der Waals surface area (Å²) in [6.45, 7) is 0.680. The quantitative estimate of drug-likeness (QED) is 0.589. The fourth-order valence-corrected chi connectivity index (χ4v) is 1.15. The van der Waals surface area contributed by atoms with Crippen LogP contribution in [0.15, 0.2) is 0 Å². The van der Waals surface area contributed by atoms with Gasteiger partial charge in [-0.1, -0.05) is 0 Å². The van der Waals surface area contributed by atoms with E-state index in [2.05, 4.69) is 0 Å². The van der Waals surface area contributed by atoms with Gasteiger partial charge in [0.05, 0.1) is 12.7 Å². The molecule has 2 atom stereocenters. The monoisotopic (exact) mass is 146 g/mol. The van der Waals surface area contributed by atoms with Gasteiger partial charge in [0.1, 0.15) is 0 Å². The highest BCUT2D eigenvalue weighted by atomic mass is 16.7. The minimum atomic E-state index is 0.000139. The molecule has 10 heavy (non-hydrogen) atoms. The summed E-state index contributed by atoms with van der Waals surface area (Å²) >= 11 is 0. The van der Waals surface area contributed by atoms with Crippen molar-refractivity contribution in [1.82, 2.24) is 0 Å². The Balaban J connectivity index is 2.15. The minimum absolute atomic E-state index is 0.000139. The van der Waals surface area contributed by atoms with E-state index in [9.17, 15) is 0 Å². The Labute approximate surface area is 61.3 Å². The van der Waals surface area contributed by atoms with Gasteiger partial charge in [0, 0.05) is 20.6 Å². The maximum absolute atomic E-state index is 5.40. The van der Waals surface area contributed by atoms with E-state index in [0.29, 0.717) is 6.61 Å². The topological polar surface area (TPSA) is 27.7 Å². The van der Waals surface area contributed by atoms with Gasteiger partial charge in [-0.2, -0.15) is 0 Å². The van der Waals surface area contributed by atoms with Gasteiger partial charge in [0.25, 0.3) is 0 Å². The molecule has 1 heterocycles. The minimum Gasteiger partial charge on any atom is -0.382 e. The molecule has 1 aliphatic rings. The van der Waals surface area contributed by atoms with Crippen LogP contribution < -0.4 is 0 Å². The van der Waals surface area contributed by atoms with E-state index in [1.165, 1.54) is 0 Å². The van der Waals surface area contributed by atoms with Crippen molar-refractivity contribution in [2.24, 2.45) is 0 Å². The normalized spacial score (nSPS) is 33.0. The van der Waals surface area contributed by atoms with Crippen molar-refractivity contribution >= 4 is 0 Å². The fraction of sp³-hybridized carbons (Fsp3) is 1.00. The summed E-state index contributed by atoms with van der Waals surface area (Å²) in [5.74, 6) is 0. The lowest BCUT2D eigenvalue weighted by atomic mass is 10.2. The molecule has 0 N–H and O–H groups in total. The first kappa shape index (κ1) is 7.98. The Morgan fingerprint density at radius 3 is 2.70 bits per heavy atom. The molecule has 1 aliphatic heterocycles. The molecule has 1 saturated heterocycles. The van der Waals surface area contributed by atoms with E-state index >= 15 is 0 Å². The van der Waals surface area contributed by atoms with Crippen LogP contribution in [0.1, 0.15) is 12.8 Å². The summed E-state index contributed by atoms with van der Waals surface area (Å²) in [7, 11) is 3.35. The molecule has 0 aliphatic carbocycles. The lowest BCUT2D eigenvalue weighted by Gasteiger charge is -2.10.